The first kappa shape index (κ1) is 16.0. The van der Waals surface area contributed by atoms with E-state index < -0.39 is 0 Å². The summed E-state index contributed by atoms with van der Waals surface area (Å²) in [6.07, 6.45) is 9.15. The largest absolute Gasteiger partial charge is 0.299 e. The minimum absolute atomic E-state index is 0.149. The Hall–Kier alpha value is -0.330. The third-order valence-electron chi connectivity index (χ3n) is 5.50. The molecule has 0 radical (unpaired) electrons. The molecule has 2 rings (SSSR count). The molecule has 0 saturated heterocycles. The molecule has 2 saturated carbocycles. The predicted octanol–water partition coefficient (Wildman–Crippen LogP) is 5.62. The first-order valence-electron chi connectivity index (χ1n) is 8.55. The fraction of sp³-hybridized carbons (Fsp3) is 0.947. The Morgan fingerprint density at radius 3 is 1.90 bits per heavy atom. The van der Waals surface area contributed by atoms with Gasteiger partial charge in [0.2, 0.25) is 0 Å². The maximum absolute atomic E-state index is 12.4. The predicted molar refractivity (Wildman–Crippen MR) is 85.6 cm³/mol. The van der Waals surface area contributed by atoms with Crippen LogP contribution in [-0.2, 0) is 4.79 Å². The molecule has 2 fully saturated rings. The third kappa shape index (κ3) is 3.65. The summed E-state index contributed by atoms with van der Waals surface area (Å²) in [6.45, 7) is 13.3. The minimum Gasteiger partial charge on any atom is -0.299 e. The maximum Gasteiger partial charge on any atom is 0.141 e. The van der Waals surface area contributed by atoms with Gasteiger partial charge in [-0.2, -0.15) is 0 Å². The second kappa shape index (κ2) is 5.14. The molecular weight excluding hydrogens is 244 g/mol. The lowest BCUT2D eigenvalue weighted by atomic mass is 9.52. The van der Waals surface area contributed by atoms with Gasteiger partial charge in [-0.1, -0.05) is 41.5 Å². The SMILES string of the molecule is CC(C)(C)CC1CC2(CCC(C(=O)C(C)(C)C)CC2)C1. The quantitative estimate of drug-likeness (QED) is 0.640. The van der Waals surface area contributed by atoms with Crippen LogP contribution in [0.5, 0.6) is 0 Å². The van der Waals surface area contributed by atoms with Crippen molar-refractivity contribution in [3.63, 3.8) is 0 Å². The highest BCUT2D eigenvalue weighted by molar-refractivity contribution is 5.86. The van der Waals surface area contributed by atoms with Gasteiger partial charge in [-0.05, 0) is 61.7 Å². The fourth-order valence-electron chi connectivity index (χ4n) is 4.69. The summed E-state index contributed by atoms with van der Waals surface area (Å²) >= 11 is 0. The van der Waals surface area contributed by atoms with Crippen LogP contribution in [0.15, 0.2) is 0 Å². The molecule has 0 aromatic heterocycles. The van der Waals surface area contributed by atoms with Crippen LogP contribution in [-0.4, -0.2) is 5.78 Å². The normalized spacial score (nSPS) is 34.9. The molecule has 0 amide bonds. The highest BCUT2D eigenvalue weighted by Gasteiger charge is 2.47. The Bertz CT molecular complexity index is 350. The van der Waals surface area contributed by atoms with Crippen molar-refractivity contribution in [1.82, 2.24) is 0 Å². The molecule has 116 valence electrons. The van der Waals surface area contributed by atoms with Crippen LogP contribution < -0.4 is 0 Å². The van der Waals surface area contributed by atoms with E-state index in [1.165, 1.54) is 32.1 Å². The average molecular weight is 278 g/mol. The molecular formula is C19H34O. The van der Waals surface area contributed by atoms with Gasteiger partial charge >= 0.3 is 0 Å². The standard InChI is InChI=1S/C19H34O/c1-17(2,3)11-14-12-19(13-14)9-7-15(8-10-19)16(20)18(4,5)6/h14-15H,7-13H2,1-6H3. The number of Topliss-reactive ketones (excluding diaryl/α,β-unsaturated/α-hetero) is 1. The van der Waals surface area contributed by atoms with Gasteiger partial charge in [-0.15, -0.1) is 0 Å². The Kier molecular flexibility index (Phi) is 4.13. The second-order valence-corrected chi connectivity index (χ2v) is 9.93. The van der Waals surface area contributed by atoms with Crippen LogP contribution in [0.2, 0.25) is 0 Å². The van der Waals surface area contributed by atoms with Crippen LogP contribution in [0.4, 0.5) is 0 Å². The van der Waals surface area contributed by atoms with E-state index in [2.05, 4.69) is 41.5 Å². The third-order valence-corrected chi connectivity index (χ3v) is 5.50. The van der Waals surface area contributed by atoms with Gasteiger partial charge in [-0.25, -0.2) is 0 Å². The molecule has 0 aromatic rings. The zero-order valence-electron chi connectivity index (χ0n) is 14.5. The molecule has 0 bridgehead atoms. The van der Waals surface area contributed by atoms with Crippen LogP contribution >= 0.6 is 0 Å². The summed E-state index contributed by atoms with van der Waals surface area (Å²) in [6, 6.07) is 0. The van der Waals surface area contributed by atoms with Crippen molar-refractivity contribution in [3.05, 3.63) is 0 Å². The van der Waals surface area contributed by atoms with Crippen LogP contribution in [0.3, 0.4) is 0 Å². The molecule has 2 aliphatic rings. The van der Waals surface area contributed by atoms with E-state index in [0.29, 0.717) is 22.5 Å². The minimum atomic E-state index is -0.149. The van der Waals surface area contributed by atoms with E-state index in [0.717, 1.165) is 18.8 Å². The van der Waals surface area contributed by atoms with E-state index in [9.17, 15) is 4.79 Å². The van der Waals surface area contributed by atoms with Crippen molar-refractivity contribution >= 4 is 5.78 Å². The van der Waals surface area contributed by atoms with E-state index in [-0.39, 0.29) is 5.41 Å². The first-order valence-corrected chi connectivity index (χ1v) is 8.55. The Balaban J connectivity index is 1.81. The molecule has 0 aliphatic heterocycles. The molecule has 0 aromatic carbocycles. The van der Waals surface area contributed by atoms with Crippen molar-refractivity contribution in [2.24, 2.45) is 28.1 Å². The highest BCUT2D eigenvalue weighted by Crippen LogP contribution is 2.58. The van der Waals surface area contributed by atoms with Crippen LogP contribution in [0.25, 0.3) is 0 Å². The lowest BCUT2D eigenvalue weighted by Gasteiger charge is -2.53. The summed E-state index contributed by atoms with van der Waals surface area (Å²) in [5, 5.41) is 0. The van der Waals surface area contributed by atoms with Gasteiger partial charge in [0, 0.05) is 11.3 Å². The van der Waals surface area contributed by atoms with Crippen molar-refractivity contribution < 1.29 is 4.79 Å². The lowest BCUT2D eigenvalue weighted by Crippen LogP contribution is -2.43. The fourth-order valence-corrected chi connectivity index (χ4v) is 4.69. The van der Waals surface area contributed by atoms with Crippen LogP contribution in [0, 0.1) is 28.1 Å². The Labute approximate surface area is 125 Å². The molecule has 0 atom stereocenters. The highest BCUT2D eigenvalue weighted by atomic mass is 16.1. The summed E-state index contributed by atoms with van der Waals surface area (Å²) in [4.78, 5) is 12.4. The monoisotopic (exact) mass is 278 g/mol. The number of carbonyl (C=O) groups is 1. The smallest absolute Gasteiger partial charge is 0.141 e. The molecule has 2 aliphatic carbocycles. The van der Waals surface area contributed by atoms with Gasteiger partial charge in [0.05, 0.1) is 0 Å². The second-order valence-electron chi connectivity index (χ2n) is 9.93. The summed E-state index contributed by atoms with van der Waals surface area (Å²) in [7, 11) is 0. The van der Waals surface area contributed by atoms with E-state index in [1.807, 2.05) is 0 Å². The number of hydrogen-bond donors (Lipinski definition) is 0. The average Bonchev–Trinajstić information content (AvgIpc) is 2.24. The molecule has 20 heavy (non-hydrogen) atoms. The maximum atomic E-state index is 12.4. The van der Waals surface area contributed by atoms with E-state index >= 15 is 0 Å². The van der Waals surface area contributed by atoms with Crippen molar-refractivity contribution in [1.29, 1.82) is 0 Å². The van der Waals surface area contributed by atoms with Gasteiger partial charge in [-0.3, -0.25) is 4.79 Å². The summed E-state index contributed by atoms with van der Waals surface area (Å²) < 4.78 is 0. The van der Waals surface area contributed by atoms with Crippen LogP contribution in [0.1, 0.15) is 86.5 Å². The molecule has 0 heterocycles. The molecule has 0 unspecified atom stereocenters. The van der Waals surface area contributed by atoms with E-state index in [4.69, 9.17) is 0 Å². The number of hydrogen-bond acceptors (Lipinski definition) is 1. The zero-order valence-corrected chi connectivity index (χ0v) is 14.5. The number of ketones is 1. The topological polar surface area (TPSA) is 17.1 Å². The zero-order chi connectivity index (χ0) is 15.2. The first-order chi connectivity index (χ1) is 9.01. The summed E-state index contributed by atoms with van der Waals surface area (Å²) in [5.41, 5.74) is 0.958. The van der Waals surface area contributed by atoms with E-state index in [1.54, 1.807) is 0 Å². The van der Waals surface area contributed by atoms with Gasteiger partial charge in [0.15, 0.2) is 0 Å². The summed E-state index contributed by atoms with van der Waals surface area (Å²) in [5.74, 6) is 1.80. The van der Waals surface area contributed by atoms with Gasteiger partial charge in [0.25, 0.3) is 0 Å². The molecule has 1 nitrogen and oxygen atoms in total. The number of carbonyl (C=O) groups excluding carboxylic acids is 1. The molecule has 1 heteroatoms. The molecule has 0 N–H and O–H groups in total. The van der Waals surface area contributed by atoms with Gasteiger partial charge < -0.3 is 0 Å². The lowest BCUT2D eigenvalue weighted by molar-refractivity contribution is -0.133. The van der Waals surface area contributed by atoms with Crippen molar-refractivity contribution in [2.75, 3.05) is 0 Å². The van der Waals surface area contributed by atoms with Gasteiger partial charge in [0.1, 0.15) is 5.78 Å². The number of rotatable bonds is 2. The Morgan fingerprint density at radius 2 is 1.50 bits per heavy atom. The molecule has 1 spiro atoms. The Morgan fingerprint density at radius 1 is 1.00 bits per heavy atom. The van der Waals surface area contributed by atoms with Crippen molar-refractivity contribution in [2.45, 2.75) is 86.5 Å². The van der Waals surface area contributed by atoms with Crippen molar-refractivity contribution in [3.8, 4) is 0 Å².